The van der Waals surface area contributed by atoms with Gasteiger partial charge in [-0.25, -0.2) is 0 Å². The summed E-state index contributed by atoms with van der Waals surface area (Å²) < 4.78 is 11.1. The van der Waals surface area contributed by atoms with Crippen molar-refractivity contribution >= 4 is 23.2 Å². The smallest absolute Gasteiger partial charge is 0.146 e. The first-order valence-corrected chi connectivity index (χ1v) is 7.18. The van der Waals surface area contributed by atoms with E-state index >= 15 is 0 Å². The van der Waals surface area contributed by atoms with Crippen molar-refractivity contribution in [2.45, 2.75) is 33.0 Å². The molecule has 1 N–H and O–H groups in total. The highest BCUT2D eigenvalue weighted by Crippen LogP contribution is 2.31. The Hall–Kier alpha value is -1.16. The van der Waals surface area contributed by atoms with Gasteiger partial charge in [0.05, 0.1) is 11.3 Å². The number of rotatable bonds is 6. The van der Waals surface area contributed by atoms with Gasteiger partial charge in [0.2, 0.25) is 0 Å². The van der Waals surface area contributed by atoms with Gasteiger partial charge in [0.1, 0.15) is 23.1 Å². The molecule has 0 radical (unpaired) electrons. The van der Waals surface area contributed by atoms with Crippen LogP contribution in [-0.4, -0.2) is 6.04 Å². The van der Waals surface area contributed by atoms with Crippen LogP contribution in [0.25, 0.3) is 0 Å². The van der Waals surface area contributed by atoms with Crippen LogP contribution < -0.4 is 10.1 Å². The van der Waals surface area contributed by atoms with Crippen LogP contribution in [0.4, 0.5) is 0 Å². The van der Waals surface area contributed by atoms with E-state index in [1.165, 1.54) is 0 Å². The highest BCUT2D eigenvalue weighted by atomic mass is 35.5. The largest absolute Gasteiger partial charge is 0.484 e. The lowest BCUT2D eigenvalue weighted by Gasteiger charge is -2.07. The average Bonchev–Trinajstić information content (AvgIpc) is 2.86. The van der Waals surface area contributed by atoms with Gasteiger partial charge in [-0.2, -0.15) is 0 Å². The molecule has 0 amide bonds. The zero-order valence-electron chi connectivity index (χ0n) is 11.5. The molecule has 0 fully saturated rings. The molecule has 1 aromatic carbocycles. The summed E-state index contributed by atoms with van der Waals surface area (Å²) in [6, 6.07) is 7.70. The van der Waals surface area contributed by atoms with Gasteiger partial charge in [0, 0.05) is 18.2 Å². The van der Waals surface area contributed by atoms with Crippen molar-refractivity contribution in [2.75, 3.05) is 0 Å². The molecule has 5 heteroatoms. The summed E-state index contributed by atoms with van der Waals surface area (Å²) in [6.45, 7) is 5.30. The topological polar surface area (TPSA) is 34.4 Å². The minimum Gasteiger partial charge on any atom is -0.484 e. The molecule has 1 aromatic heterocycles. The third-order valence-electron chi connectivity index (χ3n) is 2.71. The van der Waals surface area contributed by atoms with Crippen molar-refractivity contribution in [3.8, 4) is 5.75 Å². The molecule has 0 atom stereocenters. The van der Waals surface area contributed by atoms with Crippen molar-refractivity contribution in [2.24, 2.45) is 0 Å². The van der Waals surface area contributed by atoms with E-state index in [0.717, 1.165) is 17.9 Å². The van der Waals surface area contributed by atoms with Gasteiger partial charge >= 0.3 is 0 Å². The Morgan fingerprint density at radius 3 is 2.85 bits per heavy atom. The highest BCUT2D eigenvalue weighted by molar-refractivity contribution is 6.42. The molecule has 2 aromatic rings. The van der Waals surface area contributed by atoms with E-state index in [1.807, 2.05) is 6.07 Å². The predicted octanol–water partition coefficient (Wildman–Crippen LogP) is 4.66. The lowest BCUT2D eigenvalue weighted by atomic mass is 10.3. The maximum atomic E-state index is 6.05. The molecule has 3 nitrogen and oxygen atoms in total. The van der Waals surface area contributed by atoms with Crippen LogP contribution in [0.3, 0.4) is 0 Å². The van der Waals surface area contributed by atoms with E-state index in [0.29, 0.717) is 28.4 Å². The Morgan fingerprint density at radius 1 is 1.30 bits per heavy atom. The first-order valence-electron chi connectivity index (χ1n) is 6.42. The average molecular weight is 314 g/mol. The molecule has 0 spiro atoms. The fourth-order valence-corrected chi connectivity index (χ4v) is 2.01. The van der Waals surface area contributed by atoms with Gasteiger partial charge in [-0.1, -0.05) is 43.1 Å². The van der Waals surface area contributed by atoms with Crippen LogP contribution in [0.5, 0.6) is 5.75 Å². The van der Waals surface area contributed by atoms with E-state index in [9.17, 15) is 0 Å². The summed E-state index contributed by atoms with van der Waals surface area (Å²) in [5.74, 6) is 1.30. The standard InChI is InChI=1S/C15H17Cl2NO2/c1-10(2)18-7-11-6-12(19-8-11)9-20-14-5-3-4-13(16)15(14)17/h3-6,8,10,18H,7,9H2,1-2H3. The van der Waals surface area contributed by atoms with Gasteiger partial charge < -0.3 is 14.5 Å². The molecule has 1 heterocycles. The second-order valence-corrected chi connectivity index (χ2v) is 5.58. The molecule has 0 aliphatic carbocycles. The lowest BCUT2D eigenvalue weighted by Crippen LogP contribution is -2.21. The van der Waals surface area contributed by atoms with Crippen LogP contribution in [0, 0.1) is 0 Å². The Kier molecular flexibility index (Phi) is 5.35. The van der Waals surface area contributed by atoms with Crippen LogP contribution in [0.1, 0.15) is 25.2 Å². The van der Waals surface area contributed by atoms with Gasteiger partial charge in [0.15, 0.2) is 0 Å². The zero-order chi connectivity index (χ0) is 14.5. The SMILES string of the molecule is CC(C)NCc1coc(COc2cccc(Cl)c2Cl)c1. The molecular formula is C15H17Cl2NO2. The molecule has 0 bridgehead atoms. The van der Waals surface area contributed by atoms with E-state index in [4.69, 9.17) is 32.4 Å². The number of nitrogens with one attached hydrogen (secondary N) is 1. The molecule has 2 rings (SSSR count). The molecule has 0 saturated carbocycles. The number of benzene rings is 1. The Bertz CT molecular complexity index is 567. The van der Waals surface area contributed by atoms with Crippen LogP contribution in [0.15, 0.2) is 34.9 Å². The van der Waals surface area contributed by atoms with Crippen LogP contribution in [0.2, 0.25) is 10.0 Å². The fraction of sp³-hybridized carbons (Fsp3) is 0.333. The lowest BCUT2D eigenvalue weighted by molar-refractivity contribution is 0.270. The third kappa shape index (κ3) is 4.17. The quantitative estimate of drug-likeness (QED) is 0.842. The second kappa shape index (κ2) is 7.02. The van der Waals surface area contributed by atoms with Crippen molar-refractivity contribution in [1.82, 2.24) is 5.32 Å². The summed E-state index contributed by atoms with van der Waals surface area (Å²) in [4.78, 5) is 0. The summed E-state index contributed by atoms with van der Waals surface area (Å²) in [7, 11) is 0. The summed E-state index contributed by atoms with van der Waals surface area (Å²) >= 11 is 12.0. The minimum atomic E-state index is 0.321. The maximum absolute atomic E-state index is 6.05. The number of ether oxygens (including phenoxy) is 1. The van der Waals surface area contributed by atoms with Gasteiger partial charge in [-0.3, -0.25) is 0 Å². The molecule has 0 saturated heterocycles. The fourth-order valence-electron chi connectivity index (χ4n) is 1.66. The van der Waals surface area contributed by atoms with Crippen molar-refractivity contribution in [1.29, 1.82) is 0 Å². The maximum Gasteiger partial charge on any atom is 0.146 e. The molecule has 20 heavy (non-hydrogen) atoms. The zero-order valence-corrected chi connectivity index (χ0v) is 13.0. The summed E-state index contributed by atoms with van der Waals surface area (Å²) in [5, 5.41) is 4.22. The first kappa shape index (κ1) is 15.2. The second-order valence-electron chi connectivity index (χ2n) is 4.80. The minimum absolute atomic E-state index is 0.321. The monoisotopic (exact) mass is 313 g/mol. The van der Waals surface area contributed by atoms with Crippen molar-refractivity contribution in [3.63, 3.8) is 0 Å². The van der Waals surface area contributed by atoms with Gasteiger partial charge in [0.25, 0.3) is 0 Å². The Labute approximate surface area is 128 Å². The molecule has 0 aliphatic rings. The van der Waals surface area contributed by atoms with Gasteiger partial charge in [-0.15, -0.1) is 0 Å². The molecule has 0 unspecified atom stereocenters. The van der Waals surface area contributed by atoms with Crippen molar-refractivity contribution in [3.05, 3.63) is 51.9 Å². The van der Waals surface area contributed by atoms with E-state index in [2.05, 4.69) is 19.2 Å². The number of hydrogen-bond donors (Lipinski definition) is 1. The molecule has 108 valence electrons. The highest BCUT2D eigenvalue weighted by Gasteiger charge is 2.08. The van der Waals surface area contributed by atoms with E-state index in [1.54, 1.807) is 24.5 Å². The van der Waals surface area contributed by atoms with E-state index in [-0.39, 0.29) is 0 Å². The van der Waals surface area contributed by atoms with Crippen molar-refractivity contribution < 1.29 is 9.15 Å². The number of halogens is 2. The van der Waals surface area contributed by atoms with Gasteiger partial charge in [-0.05, 0) is 18.2 Å². The number of hydrogen-bond acceptors (Lipinski definition) is 3. The Morgan fingerprint density at radius 2 is 2.10 bits per heavy atom. The third-order valence-corrected chi connectivity index (χ3v) is 3.51. The molecular weight excluding hydrogens is 297 g/mol. The predicted molar refractivity (Wildman–Crippen MR) is 81.5 cm³/mol. The van der Waals surface area contributed by atoms with Crippen LogP contribution >= 0.6 is 23.2 Å². The van der Waals surface area contributed by atoms with Crippen LogP contribution in [-0.2, 0) is 13.2 Å². The normalized spacial score (nSPS) is 11.1. The summed E-state index contributed by atoms with van der Waals surface area (Å²) in [5.41, 5.74) is 1.09. The first-order chi connectivity index (χ1) is 9.56. The number of furan rings is 1. The summed E-state index contributed by atoms with van der Waals surface area (Å²) in [6.07, 6.45) is 1.73. The van der Waals surface area contributed by atoms with E-state index < -0.39 is 0 Å². The Balaban J connectivity index is 1.92. The molecule has 0 aliphatic heterocycles.